The number of hydrogen-bond donors (Lipinski definition) is 0. The molecule has 2 aromatic rings. The first-order chi connectivity index (χ1) is 13.2. The summed E-state index contributed by atoms with van der Waals surface area (Å²) in [5.41, 5.74) is 4.36. The molecule has 0 bridgehead atoms. The van der Waals surface area contributed by atoms with Crippen molar-refractivity contribution in [1.29, 1.82) is 0 Å². The van der Waals surface area contributed by atoms with Gasteiger partial charge in [0.1, 0.15) is 5.78 Å². The van der Waals surface area contributed by atoms with E-state index in [0.717, 1.165) is 11.1 Å². The Labute approximate surface area is 165 Å². The molecule has 0 aliphatic heterocycles. The topological polar surface area (TPSA) is 69.7 Å². The SMILES string of the molecule is CC(=O)Oc1ccc(CCCC(=O)Cc2ccc(C)c(C)c2)cc1OC(C)=O. The van der Waals surface area contributed by atoms with Crippen LogP contribution >= 0.6 is 0 Å². The molecule has 0 fully saturated rings. The van der Waals surface area contributed by atoms with E-state index in [1.54, 1.807) is 18.2 Å². The third-order valence-electron chi connectivity index (χ3n) is 4.41. The van der Waals surface area contributed by atoms with Gasteiger partial charge in [0, 0.05) is 26.7 Å². The number of carbonyl (C=O) groups is 3. The third kappa shape index (κ3) is 6.65. The van der Waals surface area contributed by atoms with Crippen molar-refractivity contribution in [1.82, 2.24) is 0 Å². The van der Waals surface area contributed by atoms with E-state index in [1.165, 1.54) is 25.0 Å². The molecule has 0 saturated heterocycles. The van der Waals surface area contributed by atoms with Gasteiger partial charge in [0.15, 0.2) is 11.5 Å². The second-order valence-electron chi connectivity index (χ2n) is 6.96. The zero-order chi connectivity index (χ0) is 20.7. The van der Waals surface area contributed by atoms with Crippen LogP contribution in [0.15, 0.2) is 36.4 Å². The number of esters is 2. The summed E-state index contributed by atoms with van der Waals surface area (Å²) in [5, 5.41) is 0. The molecule has 0 aliphatic carbocycles. The number of ether oxygens (including phenoxy) is 2. The monoisotopic (exact) mass is 382 g/mol. The van der Waals surface area contributed by atoms with Gasteiger partial charge in [-0.25, -0.2) is 0 Å². The van der Waals surface area contributed by atoms with Gasteiger partial charge >= 0.3 is 11.9 Å². The summed E-state index contributed by atoms with van der Waals surface area (Å²) in [6, 6.07) is 11.2. The molecule has 0 radical (unpaired) electrons. The molecular weight excluding hydrogens is 356 g/mol. The van der Waals surface area contributed by atoms with Crippen molar-refractivity contribution < 1.29 is 23.9 Å². The first kappa shape index (κ1) is 21.4. The Bertz CT molecular complexity index is 883. The third-order valence-corrected chi connectivity index (χ3v) is 4.41. The van der Waals surface area contributed by atoms with Crippen LogP contribution in [0.5, 0.6) is 11.5 Å². The summed E-state index contributed by atoms with van der Waals surface area (Å²) in [7, 11) is 0. The first-order valence-corrected chi connectivity index (χ1v) is 9.32. The summed E-state index contributed by atoms with van der Waals surface area (Å²) >= 11 is 0. The minimum Gasteiger partial charge on any atom is -0.423 e. The van der Waals surface area contributed by atoms with Crippen LogP contribution in [-0.2, 0) is 27.2 Å². The molecule has 148 valence electrons. The van der Waals surface area contributed by atoms with Crippen molar-refractivity contribution in [3.8, 4) is 11.5 Å². The van der Waals surface area contributed by atoms with Gasteiger partial charge in [-0.05, 0) is 61.1 Å². The number of rotatable bonds is 8. The van der Waals surface area contributed by atoms with E-state index in [4.69, 9.17) is 9.47 Å². The minimum absolute atomic E-state index is 0.194. The van der Waals surface area contributed by atoms with Gasteiger partial charge in [-0.1, -0.05) is 24.3 Å². The Morgan fingerprint density at radius 1 is 0.786 bits per heavy atom. The molecule has 2 aromatic carbocycles. The Hall–Kier alpha value is -2.95. The second-order valence-corrected chi connectivity index (χ2v) is 6.96. The summed E-state index contributed by atoms with van der Waals surface area (Å²) in [6.45, 7) is 6.67. The number of aryl methyl sites for hydroxylation is 3. The molecule has 0 spiro atoms. The Balaban J connectivity index is 1.94. The largest absolute Gasteiger partial charge is 0.423 e. The first-order valence-electron chi connectivity index (χ1n) is 9.32. The number of Topliss-reactive ketones (excluding diaryl/α,β-unsaturated/α-hetero) is 1. The fourth-order valence-electron chi connectivity index (χ4n) is 2.90. The highest BCUT2D eigenvalue weighted by atomic mass is 16.6. The van der Waals surface area contributed by atoms with Crippen LogP contribution in [0.3, 0.4) is 0 Å². The average molecular weight is 382 g/mol. The van der Waals surface area contributed by atoms with Gasteiger partial charge in [0.2, 0.25) is 0 Å². The standard InChI is InChI=1S/C23H26O5/c1-15-8-9-20(12-16(15)2)13-21(26)7-5-6-19-10-11-22(27-17(3)24)23(14-19)28-18(4)25/h8-12,14H,5-7,13H2,1-4H3. The van der Waals surface area contributed by atoms with E-state index in [9.17, 15) is 14.4 Å². The predicted octanol–water partition coefficient (Wildman–Crippen LogP) is 4.29. The maximum absolute atomic E-state index is 12.3. The fourth-order valence-corrected chi connectivity index (χ4v) is 2.90. The average Bonchev–Trinajstić information content (AvgIpc) is 2.59. The zero-order valence-electron chi connectivity index (χ0n) is 16.8. The van der Waals surface area contributed by atoms with E-state index < -0.39 is 11.9 Å². The molecule has 0 N–H and O–H groups in total. The molecule has 2 rings (SSSR count). The van der Waals surface area contributed by atoms with Crippen LogP contribution in [0.2, 0.25) is 0 Å². The highest BCUT2D eigenvalue weighted by Crippen LogP contribution is 2.29. The molecule has 28 heavy (non-hydrogen) atoms. The Morgan fingerprint density at radius 3 is 2.07 bits per heavy atom. The van der Waals surface area contributed by atoms with Crippen molar-refractivity contribution in [2.24, 2.45) is 0 Å². The van der Waals surface area contributed by atoms with Crippen molar-refractivity contribution in [3.63, 3.8) is 0 Å². The van der Waals surface area contributed by atoms with E-state index in [0.29, 0.717) is 25.7 Å². The van der Waals surface area contributed by atoms with E-state index in [-0.39, 0.29) is 17.3 Å². The highest BCUT2D eigenvalue weighted by molar-refractivity contribution is 5.81. The second kappa shape index (κ2) is 9.83. The maximum Gasteiger partial charge on any atom is 0.308 e. The smallest absolute Gasteiger partial charge is 0.308 e. The van der Waals surface area contributed by atoms with Gasteiger partial charge in [-0.3, -0.25) is 14.4 Å². The predicted molar refractivity (Wildman–Crippen MR) is 107 cm³/mol. The number of carbonyl (C=O) groups excluding carboxylic acids is 3. The van der Waals surface area contributed by atoms with Gasteiger partial charge < -0.3 is 9.47 Å². The maximum atomic E-state index is 12.3. The lowest BCUT2D eigenvalue weighted by atomic mass is 9.99. The molecule has 0 heterocycles. The summed E-state index contributed by atoms with van der Waals surface area (Å²) < 4.78 is 10.2. The summed E-state index contributed by atoms with van der Waals surface area (Å²) in [6.07, 6.45) is 2.26. The normalized spacial score (nSPS) is 10.4. The quantitative estimate of drug-likeness (QED) is 0.503. The lowest BCUT2D eigenvalue weighted by molar-refractivity contribution is -0.134. The lowest BCUT2D eigenvalue weighted by Crippen LogP contribution is -2.08. The molecule has 5 nitrogen and oxygen atoms in total. The van der Waals surface area contributed by atoms with Crippen LogP contribution < -0.4 is 9.47 Å². The molecule has 0 atom stereocenters. The zero-order valence-corrected chi connectivity index (χ0v) is 16.8. The Kier molecular flexibility index (Phi) is 7.50. The van der Waals surface area contributed by atoms with Gasteiger partial charge in [0.25, 0.3) is 0 Å². The van der Waals surface area contributed by atoms with Crippen LogP contribution in [0.4, 0.5) is 0 Å². The van der Waals surface area contributed by atoms with E-state index in [2.05, 4.69) is 13.0 Å². The van der Waals surface area contributed by atoms with Gasteiger partial charge in [0.05, 0.1) is 0 Å². The van der Waals surface area contributed by atoms with Crippen LogP contribution in [0.25, 0.3) is 0 Å². The summed E-state index contributed by atoms with van der Waals surface area (Å²) in [5.74, 6) is -0.369. The van der Waals surface area contributed by atoms with Gasteiger partial charge in [-0.15, -0.1) is 0 Å². The number of benzene rings is 2. The van der Waals surface area contributed by atoms with E-state index >= 15 is 0 Å². The van der Waals surface area contributed by atoms with Crippen molar-refractivity contribution in [3.05, 3.63) is 58.7 Å². The molecule has 0 unspecified atom stereocenters. The fraction of sp³-hybridized carbons (Fsp3) is 0.348. The molecule has 0 aliphatic rings. The van der Waals surface area contributed by atoms with Crippen LogP contribution in [-0.4, -0.2) is 17.7 Å². The molecule has 0 amide bonds. The number of hydrogen-bond acceptors (Lipinski definition) is 5. The van der Waals surface area contributed by atoms with Crippen LogP contribution in [0, 0.1) is 13.8 Å². The number of ketones is 1. The Morgan fingerprint density at radius 2 is 1.43 bits per heavy atom. The van der Waals surface area contributed by atoms with E-state index in [1.807, 2.05) is 19.1 Å². The van der Waals surface area contributed by atoms with Gasteiger partial charge in [-0.2, -0.15) is 0 Å². The summed E-state index contributed by atoms with van der Waals surface area (Å²) in [4.78, 5) is 34.7. The highest BCUT2D eigenvalue weighted by Gasteiger charge is 2.12. The van der Waals surface area contributed by atoms with Crippen molar-refractivity contribution in [2.75, 3.05) is 0 Å². The van der Waals surface area contributed by atoms with Crippen molar-refractivity contribution >= 4 is 17.7 Å². The molecule has 5 heteroatoms. The molecular formula is C23H26O5. The molecule has 0 aromatic heterocycles. The van der Waals surface area contributed by atoms with Crippen LogP contribution in [0.1, 0.15) is 48.9 Å². The lowest BCUT2D eigenvalue weighted by Gasteiger charge is -2.10. The van der Waals surface area contributed by atoms with Crippen molar-refractivity contribution in [2.45, 2.75) is 53.4 Å². The molecule has 0 saturated carbocycles. The minimum atomic E-state index is -0.492.